The summed E-state index contributed by atoms with van der Waals surface area (Å²) in [7, 11) is 0. The van der Waals surface area contributed by atoms with Crippen LogP contribution in [-0.4, -0.2) is 21.9 Å². The van der Waals surface area contributed by atoms with E-state index in [2.05, 4.69) is 4.98 Å². The lowest BCUT2D eigenvalue weighted by Gasteiger charge is -2.01. The van der Waals surface area contributed by atoms with Crippen molar-refractivity contribution in [1.82, 2.24) is 10.5 Å². The second kappa shape index (κ2) is 4.57. The molecule has 1 aliphatic carbocycles. The molecule has 2 atom stereocenters. The van der Waals surface area contributed by atoms with Crippen LogP contribution in [-0.2, 0) is 4.79 Å². The summed E-state index contributed by atoms with van der Waals surface area (Å²) in [5.74, 6) is -1.13. The maximum Gasteiger partial charge on any atom is 0.247 e. The molecule has 3 rings (SSSR count). The van der Waals surface area contributed by atoms with Crippen LogP contribution in [0.5, 0.6) is 0 Å². The number of benzene rings is 1. The summed E-state index contributed by atoms with van der Waals surface area (Å²) in [6.45, 7) is 1.69. The zero-order valence-electron chi connectivity index (χ0n) is 10.5. The molecule has 104 valence electrons. The molecule has 0 saturated heterocycles. The molecule has 0 bridgehead atoms. The number of fused-ring (bicyclic) bond motifs is 1. The van der Waals surface area contributed by atoms with Gasteiger partial charge in [0.1, 0.15) is 5.52 Å². The Hall–Kier alpha value is -1.92. The van der Waals surface area contributed by atoms with Crippen molar-refractivity contribution in [3.05, 3.63) is 28.6 Å². The molecular formula is C13H11ClN2O4. The predicted octanol–water partition coefficient (Wildman–Crippen LogP) is 2.11. The largest absolute Gasteiger partial charge is 0.439 e. The first-order valence-electron chi connectivity index (χ1n) is 6.06. The van der Waals surface area contributed by atoms with E-state index in [9.17, 15) is 9.59 Å². The topological polar surface area (TPSA) is 92.4 Å². The van der Waals surface area contributed by atoms with Crippen molar-refractivity contribution in [3.8, 4) is 0 Å². The monoisotopic (exact) mass is 294 g/mol. The molecule has 0 aliphatic heterocycles. The lowest BCUT2D eigenvalue weighted by Crippen LogP contribution is -2.22. The minimum atomic E-state index is -0.534. The molecule has 2 N–H and O–H groups in total. The van der Waals surface area contributed by atoms with Crippen LogP contribution in [0.3, 0.4) is 0 Å². The highest BCUT2D eigenvalue weighted by Crippen LogP contribution is 2.41. The minimum Gasteiger partial charge on any atom is -0.439 e. The number of carbonyl (C=O) groups excluding carboxylic acids is 2. The summed E-state index contributed by atoms with van der Waals surface area (Å²) >= 11 is 6.07. The molecule has 1 aromatic heterocycles. The van der Waals surface area contributed by atoms with Gasteiger partial charge in [-0.1, -0.05) is 11.6 Å². The lowest BCUT2D eigenvalue weighted by atomic mass is 10.1. The fourth-order valence-electron chi connectivity index (χ4n) is 2.32. The Morgan fingerprint density at radius 3 is 2.90 bits per heavy atom. The second-order valence-corrected chi connectivity index (χ2v) is 5.24. The number of nitrogens with zero attached hydrogens (tertiary/aromatic N) is 1. The molecule has 1 saturated carbocycles. The summed E-state index contributed by atoms with van der Waals surface area (Å²) in [6.07, 6.45) is 0.429. The van der Waals surface area contributed by atoms with E-state index in [-0.39, 0.29) is 5.78 Å². The summed E-state index contributed by atoms with van der Waals surface area (Å²) < 4.78 is 5.33. The fourth-order valence-corrected chi connectivity index (χ4v) is 2.57. The summed E-state index contributed by atoms with van der Waals surface area (Å²) in [5, 5.41) is 8.86. The van der Waals surface area contributed by atoms with Gasteiger partial charge in [-0.3, -0.25) is 14.8 Å². The lowest BCUT2D eigenvalue weighted by molar-refractivity contribution is -0.130. The number of halogens is 1. The third kappa shape index (κ3) is 2.07. The molecule has 0 spiro atoms. The summed E-state index contributed by atoms with van der Waals surface area (Å²) in [6, 6.07) is 3.12. The number of hydroxylamine groups is 1. The van der Waals surface area contributed by atoms with Gasteiger partial charge in [-0.05, 0) is 18.6 Å². The molecule has 1 fully saturated rings. The van der Waals surface area contributed by atoms with Gasteiger partial charge in [0.2, 0.25) is 5.91 Å². The smallest absolute Gasteiger partial charge is 0.247 e. The van der Waals surface area contributed by atoms with E-state index in [4.69, 9.17) is 21.2 Å². The van der Waals surface area contributed by atoms with Crippen molar-refractivity contribution in [3.63, 3.8) is 0 Å². The molecule has 1 heterocycles. The molecule has 1 amide bonds. The molecule has 20 heavy (non-hydrogen) atoms. The van der Waals surface area contributed by atoms with Crippen molar-refractivity contribution >= 4 is 34.4 Å². The Bertz CT molecular complexity index is 724. The molecule has 7 heteroatoms. The Morgan fingerprint density at radius 2 is 2.20 bits per heavy atom. The number of Topliss-reactive ketones (excluding diaryl/α,β-unsaturated/α-hetero) is 1. The number of hydrogen-bond donors (Lipinski definition) is 2. The number of amides is 1. The first-order chi connectivity index (χ1) is 9.51. The molecule has 1 aliphatic rings. The van der Waals surface area contributed by atoms with Crippen molar-refractivity contribution in [2.45, 2.75) is 13.3 Å². The second-order valence-electron chi connectivity index (χ2n) is 4.83. The molecule has 0 radical (unpaired) electrons. The summed E-state index contributed by atoms with van der Waals surface area (Å²) in [4.78, 5) is 27.6. The Morgan fingerprint density at radius 1 is 1.45 bits per heavy atom. The van der Waals surface area contributed by atoms with Gasteiger partial charge in [0.15, 0.2) is 17.3 Å². The third-order valence-electron chi connectivity index (χ3n) is 3.41. The first kappa shape index (κ1) is 13.1. The van der Waals surface area contributed by atoms with Crippen LogP contribution in [0.25, 0.3) is 11.1 Å². The van der Waals surface area contributed by atoms with Gasteiger partial charge < -0.3 is 4.42 Å². The van der Waals surface area contributed by atoms with Gasteiger partial charge in [0.25, 0.3) is 0 Å². The maximum atomic E-state index is 12.3. The number of rotatable bonds is 3. The number of hydrogen-bond acceptors (Lipinski definition) is 5. The quantitative estimate of drug-likeness (QED) is 0.514. The van der Waals surface area contributed by atoms with Gasteiger partial charge in [0.05, 0.1) is 10.9 Å². The van der Waals surface area contributed by atoms with E-state index >= 15 is 0 Å². The normalized spacial score (nSPS) is 20.9. The van der Waals surface area contributed by atoms with Crippen LogP contribution in [0, 0.1) is 18.8 Å². The molecule has 6 nitrogen and oxygen atoms in total. The van der Waals surface area contributed by atoms with Gasteiger partial charge in [-0.25, -0.2) is 10.5 Å². The van der Waals surface area contributed by atoms with Crippen LogP contribution < -0.4 is 5.48 Å². The highest BCUT2D eigenvalue weighted by molar-refractivity contribution is 6.35. The van der Waals surface area contributed by atoms with E-state index in [1.165, 1.54) is 6.07 Å². The Kier molecular flexibility index (Phi) is 2.99. The highest BCUT2D eigenvalue weighted by Gasteiger charge is 2.48. The SMILES string of the molecule is Cc1nc2cc(C(=O)[C@H]3C[C@@H]3C(=O)NO)cc(Cl)c2o1. The van der Waals surface area contributed by atoms with Gasteiger partial charge in [-0.15, -0.1) is 0 Å². The number of oxazole rings is 1. The Labute approximate surface area is 118 Å². The van der Waals surface area contributed by atoms with Crippen molar-refractivity contribution in [1.29, 1.82) is 0 Å². The first-order valence-corrected chi connectivity index (χ1v) is 6.44. The zero-order valence-corrected chi connectivity index (χ0v) is 11.3. The van der Waals surface area contributed by atoms with Crippen LogP contribution in [0.1, 0.15) is 22.7 Å². The fraction of sp³-hybridized carbons (Fsp3) is 0.308. The average Bonchev–Trinajstić information content (AvgIpc) is 3.12. The standard InChI is InChI=1S/C13H11ClN2O4/c1-5-15-10-3-6(2-9(14)12(10)20-5)11(17)7-4-8(7)13(18)16-19/h2-3,7-8,19H,4H2,1H3,(H,16,18)/t7-,8-/m0/s1. The van der Waals surface area contributed by atoms with Crippen molar-refractivity contribution in [2.75, 3.05) is 0 Å². The number of aromatic nitrogens is 1. The third-order valence-corrected chi connectivity index (χ3v) is 3.69. The van der Waals surface area contributed by atoms with Gasteiger partial charge in [-0.2, -0.15) is 0 Å². The van der Waals surface area contributed by atoms with Crippen LogP contribution in [0.15, 0.2) is 16.5 Å². The minimum absolute atomic E-state index is 0.178. The number of nitrogens with one attached hydrogen (secondary N) is 1. The van der Waals surface area contributed by atoms with Crippen LogP contribution in [0.4, 0.5) is 0 Å². The van der Waals surface area contributed by atoms with Crippen LogP contribution >= 0.6 is 11.6 Å². The number of aryl methyl sites for hydroxylation is 1. The van der Waals surface area contributed by atoms with E-state index in [1.54, 1.807) is 18.5 Å². The molecule has 1 aromatic carbocycles. The van der Waals surface area contributed by atoms with Gasteiger partial charge in [0, 0.05) is 18.4 Å². The Balaban J connectivity index is 1.91. The van der Waals surface area contributed by atoms with E-state index < -0.39 is 17.7 Å². The van der Waals surface area contributed by atoms with Crippen LogP contribution in [0.2, 0.25) is 5.02 Å². The maximum absolute atomic E-state index is 12.3. The highest BCUT2D eigenvalue weighted by atomic mass is 35.5. The van der Waals surface area contributed by atoms with E-state index in [1.807, 2.05) is 0 Å². The number of ketones is 1. The van der Waals surface area contributed by atoms with E-state index in [0.29, 0.717) is 34.0 Å². The summed E-state index contributed by atoms with van der Waals surface area (Å²) in [5.41, 5.74) is 2.92. The number of carbonyl (C=O) groups is 2. The van der Waals surface area contributed by atoms with Crippen molar-refractivity contribution < 1.29 is 19.2 Å². The van der Waals surface area contributed by atoms with Crippen molar-refractivity contribution in [2.24, 2.45) is 11.8 Å². The van der Waals surface area contributed by atoms with E-state index in [0.717, 1.165) is 0 Å². The molecule has 2 aromatic rings. The molecular weight excluding hydrogens is 284 g/mol. The average molecular weight is 295 g/mol. The molecule has 0 unspecified atom stereocenters. The zero-order chi connectivity index (χ0) is 14.4. The van der Waals surface area contributed by atoms with Gasteiger partial charge >= 0.3 is 0 Å². The predicted molar refractivity (Wildman–Crippen MR) is 69.6 cm³/mol.